The van der Waals surface area contributed by atoms with Gasteiger partial charge in [-0.2, -0.15) is 0 Å². The summed E-state index contributed by atoms with van der Waals surface area (Å²) in [6.45, 7) is 2.14. The van der Waals surface area contributed by atoms with Gasteiger partial charge in [-0.25, -0.2) is 5.84 Å². The zero-order valence-electron chi connectivity index (χ0n) is 11.0. The Balaban J connectivity index is 2.35. The molecule has 3 nitrogen and oxygen atoms in total. The lowest BCUT2D eigenvalue weighted by Gasteiger charge is -2.35. The van der Waals surface area contributed by atoms with Crippen molar-refractivity contribution in [2.45, 2.75) is 50.9 Å². The zero-order valence-corrected chi connectivity index (χ0v) is 11.0. The monoisotopic (exact) mass is 246 g/mol. The largest absolute Gasteiger partial charge is 0.293 e. The SMILES string of the molecule is CCc1ccc(C2(C(=O)NN)CCCCC2)cc1. The lowest BCUT2D eigenvalue weighted by Crippen LogP contribution is -2.48. The Morgan fingerprint density at radius 2 is 1.83 bits per heavy atom. The molecule has 1 amide bonds. The van der Waals surface area contributed by atoms with E-state index in [9.17, 15) is 4.79 Å². The van der Waals surface area contributed by atoms with Crippen LogP contribution in [0.15, 0.2) is 24.3 Å². The van der Waals surface area contributed by atoms with Gasteiger partial charge in [0.1, 0.15) is 0 Å². The summed E-state index contributed by atoms with van der Waals surface area (Å²) in [5.74, 6) is 5.35. The minimum atomic E-state index is -0.404. The van der Waals surface area contributed by atoms with E-state index in [0.29, 0.717) is 0 Å². The minimum absolute atomic E-state index is 0.0357. The topological polar surface area (TPSA) is 55.1 Å². The highest BCUT2D eigenvalue weighted by Crippen LogP contribution is 2.39. The molecule has 0 heterocycles. The fourth-order valence-corrected chi connectivity index (χ4v) is 3.00. The van der Waals surface area contributed by atoms with Gasteiger partial charge in [0.25, 0.3) is 0 Å². The van der Waals surface area contributed by atoms with Crippen LogP contribution in [0.2, 0.25) is 0 Å². The summed E-state index contributed by atoms with van der Waals surface area (Å²) >= 11 is 0. The van der Waals surface area contributed by atoms with Gasteiger partial charge in [-0.05, 0) is 30.4 Å². The molecule has 1 saturated carbocycles. The Morgan fingerprint density at radius 3 is 2.33 bits per heavy atom. The predicted octanol–water partition coefficient (Wildman–Crippen LogP) is 2.44. The Bertz CT molecular complexity index is 405. The molecule has 0 aromatic heterocycles. The van der Waals surface area contributed by atoms with Crippen molar-refractivity contribution in [3.63, 3.8) is 0 Å². The maximum absolute atomic E-state index is 12.2. The van der Waals surface area contributed by atoms with Gasteiger partial charge in [-0.3, -0.25) is 10.2 Å². The summed E-state index contributed by atoms with van der Waals surface area (Å²) in [6, 6.07) is 8.43. The number of rotatable bonds is 3. The van der Waals surface area contributed by atoms with Crippen LogP contribution in [0.1, 0.15) is 50.2 Å². The second-order valence-electron chi connectivity index (χ2n) is 5.17. The number of hydrogen-bond donors (Lipinski definition) is 2. The molecule has 0 atom stereocenters. The van der Waals surface area contributed by atoms with E-state index in [1.165, 1.54) is 12.0 Å². The molecule has 98 valence electrons. The highest BCUT2D eigenvalue weighted by Gasteiger charge is 2.40. The number of hydrogen-bond acceptors (Lipinski definition) is 2. The van der Waals surface area contributed by atoms with Crippen LogP contribution in [0.5, 0.6) is 0 Å². The number of amides is 1. The summed E-state index contributed by atoms with van der Waals surface area (Å²) < 4.78 is 0. The summed E-state index contributed by atoms with van der Waals surface area (Å²) in [5.41, 5.74) is 4.38. The number of aryl methyl sites for hydroxylation is 1. The molecular formula is C15H22N2O. The van der Waals surface area contributed by atoms with Crippen LogP contribution in [-0.4, -0.2) is 5.91 Å². The van der Waals surface area contributed by atoms with Crippen LogP contribution in [0, 0.1) is 0 Å². The predicted molar refractivity (Wildman–Crippen MR) is 72.9 cm³/mol. The first-order valence-electron chi connectivity index (χ1n) is 6.83. The van der Waals surface area contributed by atoms with Crippen molar-refractivity contribution in [2.75, 3.05) is 0 Å². The van der Waals surface area contributed by atoms with E-state index in [2.05, 4.69) is 36.6 Å². The third-order valence-electron chi connectivity index (χ3n) is 4.19. The molecular weight excluding hydrogens is 224 g/mol. The van der Waals surface area contributed by atoms with Gasteiger partial charge in [0.15, 0.2) is 0 Å². The fraction of sp³-hybridized carbons (Fsp3) is 0.533. The van der Waals surface area contributed by atoms with Gasteiger partial charge in [-0.1, -0.05) is 50.5 Å². The van der Waals surface area contributed by atoms with Gasteiger partial charge in [-0.15, -0.1) is 0 Å². The van der Waals surface area contributed by atoms with Crippen molar-refractivity contribution < 1.29 is 4.79 Å². The smallest absolute Gasteiger partial charge is 0.244 e. The second-order valence-corrected chi connectivity index (χ2v) is 5.17. The van der Waals surface area contributed by atoms with E-state index >= 15 is 0 Å². The molecule has 0 saturated heterocycles. The molecule has 0 spiro atoms. The number of benzene rings is 1. The molecule has 0 unspecified atom stereocenters. The van der Waals surface area contributed by atoms with Crippen molar-refractivity contribution in [1.29, 1.82) is 0 Å². The fourth-order valence-electron chi connectivity index (χ4n) is 3.00. The van der Waals surface area contributed by atoms with Crippen molar-refractivity contribution in [3.8, 4) is 0 Å². The highest BCUT2D eigenvalue weighted by atomic mass is 16.2. The zero-order chi connectivity index (χ0) is 13.0. The number of nitrogens with one attached hydrogen (secondary N) is 1. The quantitative estimate of drug-likeness (QED) is 0.489. The first kappa shape index (κ1) is 13.1. The van der Waals surface area contributed by atoms with Crippen molar-refractivity contribution in [3.05, 3.63) is 35.4 Å². The van der Waals surface area contributed by atoms with Crippen LogP contribution < -0.4 is 11.3 Å². The standard InChI is InChI=1S/C15H22N2O/c1-2-12-6-8-13(9-7-12)15(14(18)17-16)10-4-3-5-11-15/h6-9H,2-5,10-11,16H2,1H3,(H,17,18). The van der Waals surface area contributed by atoms with E-state index in [4.69, 9.17) is 5.84 Å². The third-order valence-corrected chi connectivity index (χ3v) is 4.19. The molecule has 3 N–H and O–H groups in total. The van der Waals surface area contributed by atoms with Crippen LogP contribution in [0.25, 0.3) is 0 Å². The number of carbonyl (C=O) groups excluding carboxylic acids is 1. The van der Waals surface area contributed by atoms with Crippen LogP contribution >= 0.6 is 0 Å². The first-order chi connectivity index (χ1) is 8.73. The Hall–Kier alpha value is -1.35. The molecule has 1 fully saturated rings. The number of nitrogens with two attached hydrogens (primary N) is 1. The van der Waals surface area contributed by atoms with Gasteiger partial charge in [0, 0.05) is 0 Å². The maximum atomic E-state index is 12.2. The van der Waals surface area contributed by atoms with Gasteiger partial charge >= 0.3 is 0 Å². The van der Waals surface area contributed by atoms with E-state index in [1.807, 2.05) is 0 Å². The molecule has 0 aliphatic heterocycles. The summed E-state index contributed by atoms with van der Waals surface area (Å²) in [5, 5.41) is 0. The molecule has 1 aliphatic rings. The van der Waals surface area contributed by atoms with Gasteiger partial charge in [0.2, 0.25) is 5.91 Å². The second kappa shape index (κ2) is 5.53. The molecule has 0 radical (unpaired) electrons. The van der Waals surface area contributed by atoms with Crippen LogP contribution in [0.3, 0.4) is 0 Å². The van der Waals surface area contributed by atoms with E-state index in [-0.39, 0.29) is 5.91 Å². The minimum Gasteiger partial charge on any atom is -0.293 e. The van der Waals surface area contributed by atoms with Crippen molar-refractivity contribution in [1.82, 2.24) is 5.43 Å². The molecule has 18 heavy (non-hydrogen) atoms. The molecule has 1 aromatic carbocycles. The third kappa shape index (κ3) is 2.27. The molecule has 1 aromatic rings. The molecule has 1 aliphatic carbocycles. The molecule has 2 rings (SSSR count). The van der Waals surface area contributed by atoms with Crippen molar-refractivity contribution in [2.24, 2.45) is 5.84 Å². The number of carbonyl (C=O) groups is 1. The Morgan fingerprint density at radius 1 is 1.22 bits per heavy atom. The average Bonchev–Trinajstić information content (AvgIpc) is 2.47. The maximum Gasteiger partial charge on any atom is 0.244 e. The van der Waals surface area contributed by atoms with Crippen molar-refractivity contribution >= 4 is 5.91 Å². The van der Waals surface area contributed by atoms with Gasteiger partial charge < -0.3 is 0 Å². The summed E-state index contributed by atoms with van der Waals surface area (Å²) in [4.78, 5) is 12.2. The van der Waals surface area contributed by atoms with E-state index in [0.717, 1.165) is 37.7 Å². The highest BCUT2D eigenvalue weighted by molar-refractivity contribution is 5.87. The number of hydrazine groups is 1. The Kier molecular flexibility index (Phi) is 4.02. The van der Waals surface area contributed by atoms with Gasteiger partial charge in [0.05, 0.1) is 5.41 Å². The normalized spacial score (nSPS) is 18.3. The van der Waals surface area contributed by atoms with E-state index in [1.54, 1.807) is 0 Å². The molecule has 3 heteroatoms. The van der Waals surface area contributed by atoms with E-state index < -0.39 is 5.41 Å². The average molecular weight is 246 g/mol. The Labute approximate surface area is 109 Å². The summed E-state index contributed by atoms with van der Waals surface area (Å²) in [6.07, 6.45) is 6.25. The lowest BCUT2D eigenvalue weighted by atomic mass is 9.68. The first-order valence-corrected chi connectivity index (χ1v) is 6.83. The van der Waals surface area contributed by atoms with Crippen LogP contribution in [0.4, 0.5) is 0 Å². The van der Waals surface area contributed by atoms with Crippen LogP contribution in [-0.2, 0) is 16.6 Å². The molecule has 0 bridgehead atoms. The lowest BCUT2D eigenvalue weighted by molar-refractivity contribution is -0.128. The summed E-state index contributed by atoms with van der Waals surface area (Å²) in [7, 11) is 0.